The largest absolute Gasteiger partial charge is 0.493 e. The van der Waals surface area contributed by atoms with Crippen molar-refractivity contribution in [1.29, 1.82) is 0 Å². The maximum atomic E-state index is 11.6. The average molecular weight is 421 g/mol. The monoisotopic (exact) mass is 421 g/mol. The van der Waals surface area contributed by atoms with Gasteiger partial charge in [0.25, 0.3) is 0 Å². The number of carbonyl (C=O) groups excluding carboxylic acids is 1. The van der Waals surface area contributed by atoms with Crippen LogP contribution in [0.15, 0.2) is 48.7 Å². The quantitative estimate of drug-likeness (QED) is 0.384. The maximum absolute atomic E-state index is 11.6. The van der Waals surface area contributed by atoms with Gasteiger partial charge in [-0.15, -0.1) is 0 Å². The minimum atomic E-state index is -0.431. The number of aromatic nitrogens is 1. The standard InChI is InChI=1S/C25H27NO5/c1-16(2)31-19-8-6-7-17(11-19)12-22-21-14-24(29-4)23(28-3)13-20(21)18(15-26-22)9-10-25(27)30-5/h6-11,13-16H,12H2,1-5H3/b10-9+. The summed E-state index contributed by atoms with van der Waals surface area (Å²) in [6, 6.07) is 11.8. The van der Waals surface area contributed by atoms with Crippen LogP contribution in [0.25, 0.3) is 16.8 Å². The molecule has 0 unspecified atom stereocenters. The lowest BCUT2D eigenvalue weighted by Crippen LogP contribution is -2.05. The molecule has 0 aliphatic heterocycles. The van der Waals surface area contributed by atoms with Crippen LogP contribution in [0, 0.1) is 0 Å². The zero-order valence-corrected chi connectivity index (χ0v) is 18.5. The lowest BCUT2D eigenvalue weighted by atomic mass is 9.99. The van der Waals surface area contributed by atoms with Gasteiger partial charge in [0.05, 0.1) is 33.1 Å². The summed E-state index contributed by atoms with van der Waals surface area (Å²) in [6.45, 7) is 4.00. The number of rotatable bonds is 8. The Morgan fingerprint density at radius 3 is 2.39 bits per heavy atom. The van der Waals surface area contributed by atoms with E-state index in [1.807, 2.05) is 50.2 Å². The molecular weight excluding hydrogens is 394 g/mol. The number of methoxy groups -OCH3 is 3. The number of fused-ring (bicyclic) bond motifs is 1. The number of carbonyl (C=O) groups is 1. The minimum absolute atomic E-state index is 0.104. The smallest absolute Gasteiger partial charge is 0.330 e. The van der Waals surface area contributed by atoms with E-state index in [0.29, 0.717) is 17.9 Å². The molecule has 0 atom stereocenters. The number of hydrogen-bond acceptors (Lipinski definition) is 6. The highest BCUT2D eigenvalue weighted by Gasteiger charge is 2.14. The number of pyridine rings is 1. The second kappa shape index (κ2) is 9.98. The molecule has 2 aromatic carbocycles. The van der Waals surface area contributed by atoms with E-state index in [1.54, 1.807) is 26.5 Å². The van der Waals surface area contributed by atoms with E-state index < -0.39 is 5.97 Å². The summed E-state index contributed by atoms with van der Waals surface area (Å²) in [5.74, 6) is 1.62. The van der Waals surface area contributed by atoms with Crippen LogP contribution >= 0.6 is 0 Å². The van der Waals surface area contributed by atoms with Crippen LogP contribution in [0.1, 0.15) is 30.7 Å². The molecule has 3 aromatic rings. The summed E-state index contributed by atoms with van der Waals surface area (Å²) in [6.07, 6.45) is 5.53. The lowest BCUT2D eigenvalue weighted by molar-refractivity contribution is -0.134. The Bertz CT molecular complexity index is 1100. The Kier molecular flexibility index (Phi) is 7.13. The zero-order chi connectivity index (χ0) is 22.4. The van der Waals surface area contributed by atoms with Crippen molar-refractivity contribution in [2.24, 2.45) is 0 Å². The van der Waals surface area contributed by atoms with Gasteiger partial charge in [0.1, 0.15) is 5.75 Å². The molecule has 31 heavy (non-hydrogen) atoms. The summed E-state index contributed by atoms with van der Waals surface area (Å²) in [5, 5.41) is 1.82. The van der Waals surface area contributed by atoms with E-state index in [9.17, 15) is 4.79 Å². The first-order chi connectivity index (χ1) is 14.9. The summed E-state index contributed by atoms with van der Waals surface area (Å²) < 4.78 is 21.5. The third-order valence-corrected chi connectivity index (χ3v) is 4.75. The number of nitrogens with zero attached hydrogens (tertiary/aromatic N) is 1. The van der Waals surface area contributed by atoms with Gasteiger partial charge in [-0.1, -0.05) is 12.1 Å². The van der Waals surface area contributed by atoms with Gasteiger partial charge in [0.2, 0.25) is 0 Å². The van der Waals surface area contributed by atoms with Crippen LogP contribution in [-0.4, -0.2) is 38.4 Å². The molecular formula is C25H27NO5. The topological polar surface area (TPSA) is 66.9 Å². The van der Waals surface area contributed by atoms with E-state index >= 15 is 0 Å². The average Bonchev–Trinajstić information content (AvgIpc) is 2.77. The van der Waals surface area contributed by atoms with Gasteiger partial charge in [-0.25, -0.2) is 4.79 Å². The van der Waals surface area contributed by atoms with Gasteiger partial charge >= 0.3 is 5.97 Å². The molecule has 162 valence electrons. The van der Waals surface area contributed by atoms with Crippen molar-refractivity contribution in [3.8, 4) is 17.2 Å². The van der Waals surface area contributed by atoms with Crippen molar-refractivity contribution < 1.29 is 23.7 Å². The van der Waals surface area contributed by atoms with Crippen molar-refractivity contribution in [2.45, 2.75) is 26.4 Å². The van der Waals surface area contributed by atoms with E-state index in [1.165, 1.54) is 13.2 Å². The molecule has 0 aliphatic carbocycles. The highest BCUT2D eigenvalue weighted by atomic mass is 16.5. The van der Waals surface area contributed by atoms with Crippen LogP contribution in [-0.2, 0) is 16.0 Å². The van der Waals surface area contributed by atoms with Crippen molar-refractivity contribution in [2.75, 3.05) is 21.3 Å². The molecule has 0 saturated heterocycles. The first-order valence-electron chi connectivity index (χ1n) is 10.0. The fraction of sp³-hybridized carbons (Fsp3) is 0.280. The number of esters is 1. The van der Waals surface area contributed by atoms with Crippen LogP contribution < -0.4 is 14.2 Å². The van der Waals surface area contributed by atoms with E-state index in [-0.39, 0.29) is 6.10 Å². The molecule has 0 spiro atoms. The predicted molar refractivity (Wildman–Crippen MR) is 121 cm³/mol. The highest BCUT2D eigenvalue weighted by molar-refractivity contribution is 5.97. The Labute approximate surface area is 182 Å². The highest BCUT2D eigenvalue weighted by Crippen LogP contribution is 2.35. The van der Waals surface area contributed by atoms with Crippen LogP contribution in [0.5, 0.6) is 17.2 Å². The van der Waals surface area contributed by atoms with Crippen LogP contribution in [0.4, 0.5) is 0 Å². The Balaban J connectivity index is 2.09. The predicted octanol–water partition coefficient (Wildman–Crippen LogP) is 4.82. The SMILES string of the molecule is COC(=O)/C=C/c1cnc(Cc2cccc(OC(C)C)c2)c2cc(OC)c(OC)cc12. The van der Waals surface area contributed by atoms with Crippen molar-refractivity contribution in [3.05, 3.63) is 65.5 Å². The molecule has 6 heteroatoms. The molecule has 0 bridgehead atoms. The fourth-order valence-electron chi connectivity index (χ4n) is 3.34. The van der Waals surface area contributed by atoms with Gasteiger partial charge in [0, 0.05) is 29.6 Å². The summed E-state index contributed by atoms with van der Waals surface area (Å²) in [7, 11) is 4.54. The molecule has 0 fully saturated rings. The normalized spacial score (nSPS) is 11.2. The van der Waals surface area contributed by atoms with E-state index in [4.69, 9.17) is 18.9 Å². The Morgan fingerprint density at radius 1 is 1.03 bits per heavy atom. The van der Waals surface area contributed by atoms with Crippen LogP contribution in [0.3, 0.4) is 0 Å². The maximum Gasteiger partial charge on any atom is 0.330 e. The van der Waals surface area contributed by atoms with E-state index in [0.717, 1.165) is 33.3 Å². The van der Waals surface area contributed by atoms with Gasteiger partial charge in [-0.2, -0.15) is 0 Å². The number of benzene rings is 2. The lowest BCUT2D eigenvalue weighted by Gasteiger charge is -2.14. The van der Waals surface area contributed by atoms with Crippen molar-refractivity contribution in [3.63, 3.8) is 0 Å². The molecule has 6 nitrogen and oxygen atoms in total. The first-order valence-corrected chi connectivity index (χ1v) is 10.0. The summed E-state index contributed by atoms with van der Waals surface area (Å²) in [5.41, 5.74) is 2.74. The molecule has 0 N–H and O–H groups in total. The van der Waals surface area contributed by atoms with Gasteiger partial charge in [-0.05, 0) is 55.1 Å². The molecule has 3 rings (SSSR count). The zero-order valence-electron chi connectivity index (χ0n) is 18.5. The minimum Gasteiger partial charge on any atom is -0.493 e. The molecule has 0 saturated carbocycles. The summed E-state index contributed by atoms with van der Waals surface area (Å²) >= 11 is 0. The number of hydrogen-bond donors (Lipinski definition) is 0. The van der Waals surface area contributed by atoms with Crippen LogP contribution in [0.2, 0.25) is 0 Å². The van der Waals surface area contributed by atoms with Crippen molar-refractivity contribution >= 4 is 22.8 Å². The second-order valence-corrected chi connectivity index (χ2v) is 7.26. The summed E-state index contributed by atoms with van der Waals surface area (Å²) in [4.78, 5) is 16.3. The third kappa shape index (κ3) is 5.34. The van der Waals surface area contributed by atoms with E-state index in [2.05, 4.69) is 4.98 Å². The second-order valence-electron chi connectivity index (χ2n) is 7.26. The van der Waals surface area contributed by atoms with Crippen molar-refractivity contribution in [1.82, 2.24) is 4.98 Å². The van der Waals surface area contributed by atoms with Gasteiger partial charge in [0.15, 0.2) is 11.5 Å². The first kappa shape index (κ1) is 22.2. The molecule has 0 amide bonds. The Hall–Kier alpha value is -3.54. The fourth-order valence-corrected chi connectivity index (χ4v) is 3.34. The molecule has 0 radical (unpaired) electrons. The molecule has 1 aromatic heterocycles. The van der Waals surface area contributed by atoms with Gasteiger partial charge < -0.3 is 18.9 Å². The number of ether oxygens (including phenoxy) is 4. The van der Waals surface area contributed by atoms with Gasteiger partial charge in [-0.3, -0.25) is 4.98 Å². The molecule has 1 heterocycles. The third-order valence-electron chi connectivity index (χ3n) is 4.75. The molecule has 0 aliphatic rings. The Morgan fingerprint density at radius 2 is 1.74 bits per heavy atom.